The van der Waals surface area contributed by atoms with E-state index in [4.69, 9.17) is 4.74 Å². The molecule has 2 aromatic rings. The molecule has 0 aliphatic rings. The third-order valence-electron chi connectivity index (χ3n) is 3.49. The van der Waals surface area contributed by atoms with Gasteiger partial charge < -0.3 is 15.4 Å². The molecule has 4 nitrogen and oxygen atoms in total. The van der Waals surface area contributed by atoms with Gasteiger partial charge in [0.05, 0.1) is 0 Å². The Kier molecular flexibility index (Phi) is 7.15. The molecule has 0 radical (unpaired) electrons. The topological polar surface area (TPSA) is 50.4 Å². The van der Waals surface area contributed by atoms with E-state index in [2.05, 4.69) is 24.5 Å². The van der Waals surface area contributed by atoms with Crippen molar-refractivity contribution in [3.05, 3.63) is 60.2 Å². The van der Waals surface area contributed by atoms with Crippen LogP contribution >= 0.6 is 0 Å². The molecule has 0 spiro atoms. The Balaban J connectivity index is 1.69. The first-order valence-corrected chi connectivity index (χ1v) is 8.41. The molecular formula is C20H26N2O2. The zero-order valence-electron chi connectivity index (χ0n) is 14.4. The maximum absolute atomic E-state index is 11.6. The van der Waals surface area contributed by atoms with Crippen LogP contribution in [-0.4, -0.2) is 19.0 Å². The minimum absolute atomic E-state index is 0.0824. The van der Waals surface area contributed by atoms with E-state index in [-0.39, 0.29) is 5.91 Å². The Morgan fingerprint density at radius 2 is 1.75 bits per heavy atom. The van der Waals surface area contributed by atoms with Gasteiger partial charge in [-0.15, -0.1) is 0 Å². The van der Waals surface area contributed by atoms with Crippen molar-refractivity contribution in [1.29, 1.82) is 0 Å². The van der Waals surface area contributed by atoms with Gasteiger partial charge in [0.15, 0.2) is 0 Å². The highest BCUT2D eigenvalue weighted by Crippen LogP contribution is 2.17. The van der Waals surface area contributed by atoms with Crippen LogP contribution in [0.25, 0.3) is 0 Å². The van der Waals surface area contributed by atoms with Gasteiger partial charge in [-0.2, -0.15) is 0 Å². The number of hydrogen-bond donors (Lipinski definition) is 2. The quantitative estimate of drug-likeness (QED) is 0.736. The van der Waals surface area contributed by atoms with Crippen molar-refractivity contribution < 1.29 is 9.53 Å². The summed E-state index contributed by atoms with van der Waals surface area (Å²) in [6.07, 6.45) is 0.471. The van der Waals surface area contributed by atoms with Crippen molar-refractivity contribution in [2.24, 2.45) is 5.92 Å². The van der Waals surface area contributed by atoms with E-state index in [1.54, 1.807) is 0 Å². The predicted octanol–water partition coefficient (Wildman–Crippen LogP) is 3.84. The largest absolute Gasteiger partial charge is 0.489 e. The van der Waals surface area contributed by atoms with Crippen LogP contribution in [0.2, 0.25) is 0 Å². The maximum atomic E-state index is 11.6. The fraction of sp³-hybridized carbons (Fsp3) is 0.350. The fourth-order valence-electron chi connectivity index (χ4n) is 2.14. The van der Waals surface area contributed by atoms with Crippen LogP contribution in [0.5, 0.6) is 5.75 Å². The van der Waals surface area contributed by atoms with Crippen LogP contribution in [0, 0.1) is 5.92 Å². The first kappa shape index (κ1) is 17.9. The molecule has 2 aromatic carbocycles. The lowest BCUT2D eigenvalue weighted by Gasteiger charge is -2.10. The molecule has 24 heavy (non-hydrogen) atoms. The third kappa shape index (κ3) is 6.73. The van der Waals surface area contributed by atoms with Crippen LogP contribution in [0.3, 0.4) is 0 Å². The van der Waals surface area contributed by atoms with E-state index < -0.39 is 0 Å². The molecule has 2 rings (SSSR count). The average Bonchev–Trinajstić information content (AvgIpc) is 2.60. The van der Waals surface area contributed by atoms with Crippen LogP contribution in [0.1, 0.15) is 25.8 Å². The summed E-state index contributed by atoms with van der Waals surface area (Å²) in [5.74, 6) is 1.39. The van der Waals surface area contributed by atoms with Crippen LogP contribution in [-0.2, 0) is 11.4 Å². The molecule has 0 unspecified atom stereocenters. The fourth-order valence-corrected chi connectivity index (χ4v) is 2.14. The minimum Gasteiger partial charge on any atom is -0.489 e. The van der Waals surface area contributed by atoms with Crippen molar-refractivity contribution >= 4 is 11.6 Å². The van der Waals surface area contributed by atoms with Gasteiger partial charge in [0, 0.05) is 25.2 Å². The number of benzene rings is 2. The summed E-state index contributed by atoms with van der Waals surface area (Å²) in [6, 6.07) is 17.9. The molecule has 0 saturated heterocycles. The highest BCUT2D eigenvalue weighted by atomic mass is 16.5. The molecule has 0 saturated carbocycles. The molecule has 0 aromatic heterocycles. The molecule has 0 heterocycles. The van der Waals surface area contributed by atoms with E-state index >= 15 is 0 Å². The summed E-state index contributed by atoms with van der Waals surface area (Å²) >= 11 is 0. The second-order valence-corrected chi connectivity index (χ2v) is 6.17. The van der Waals surface area contributed by atoms with Crippen molar-refractivity contribution in [3.63, 3.8) is 0 Å². The number of ether oxygens (including phenoxy) is 1. The Bertz CT molecular complexity index is 609. The molecule has 4 heteroatoms. The zero-order chi connectivity index (χ0) is 17.2. The lowest BCUT2D eigenvalue weighted by Crippen LogP contribution is -2.28. The van der Waals surface area contributed by atoms with Gasteiger partial charge in [-0.25, -0.2) is 0 Å². The first-order chi connectivity index (χ1) is 11.6. The number of carbonyl (C=O) groups excluding carboxylic acids is 1. The molecule has 1 amide bonds. The Hall–Kier alpha value is -2.49. The Labute approximate surface area is 144 Å². The minimum atomic E-state index is 0.0824. The van der Waals surface area contributed by atoms with Gasteiger partial charge in [0.2, 0.25) is 5.91 Å². The smallest absolute Gasteiger partial charge is 0.221 e. The van der Waals surface area contributed by atoms with Crippen molar-refractivity contribution in [3.8, 4) is 5.75 Å². The summed E-state index contributed by atoms with van der Waals surface area (Å²) < 4.78 is 5.75. The molecule has 0 fully saturated rings. The van der Waals surface area contributed by atoms with Gasteiger partial charge in [-0.3, -0.25) is 4.79 Å². The summed E-state index contributed by atoms with van der Waals surface area (Å²) in [6.45, 7) is 6.07. The third-order valence-corrected chi connectivity index (χ3v) is 3.49. The molecule has 128 valence electrons. The van der Waals surface area contributed by atoms with Gasteiger partial charge >= 0.3 is 0 Å². The highest BCUT2D eigenvalue weighted by Gasteiger charge is 2.02. The lowest BCUT2D eigenvalue weighted by molar-refractivity contribution is -0.120. The normalized spacial score (nSPS) is 10.5. The van der Waals surface area contributed by atoms with Gasteiger partial charge in [-0.05, 0) is 35.7 Å². The van der Waals surface area contributed by atoms with Crippen LogP contribution < -0.4 is 15.4 Å². The number of anilines is 1. The first-order valence-electron chi connectivity index (χ1n) is 8.41. The van der Waals surface area contributed by atoms with Crippen molar-refractivity contribution in [1.82, 2.24) is 5.32 Å². The van der Waals surface area contributed by atoms with E-state index in [0.717, 1.165) is 23.5 Å². The predicted molar refractivity (Wildman–Crippen MR) is 98.2 cm³/mol. The molecule has 0 aliphatic heterocycles. The Morgan fingerprint density at radius 3 is 2.42 bits per heavy atom. The van der Waals surface area contributed by atoms with E-state index in [9.17, 15) is 4.79 Å². The number of rotatable bonds is 9. The van der Waals surface area contributed by atoms with E-state index in [0.29, 0.717) is 25.5 Å². The second kappa shape index (κ2) is 9.60. The van der Waals surface area contributed by atoms with E-state index in [1.807, 2.05) is 54.6 Å². The van der Waals surface area contributed by atoms with Crippen molar-refractivity contribution in [2.45, 2.75) is 26.9 Å². The average molecular weight is 326 g/mol. The van der Waals surface area contributed by atoms with E-state index in [1.165, 1.54) is 0 Å². The summed E-state index contributed by atoms with van der Waals surface area (Å²) in [5, 5.41) is 6.16. The zero-order valence-corrected chi connectivity index (χ0v) is 14.4. The molecular weight excluding hydrogens is 300 g/mol. The SMILES string of the molecule is CC(C)CNC(=O)CCNc1ccc(OCc2ccccc2)cc1. The summed E-state index contributed by atoms with van der Waals surface area (Å²) in [5.41, 5.74) is 2.13. The van der Waals surface area contributed by atoms with Gasteiger partial charge in [-0.1, -0.05) is 44.2 Å². The number of amides is 1. The van der Waals surface area contributed by atoms with Crippen LogP contribution in [0.15, 0.2) is 54.6 Å². The monoisotopic (exact) mass is 326 g/mol. The summed E-state index contributed by atoms with van der Waals surface area (Å²) in [7, 11) is 0. The lowest BCUT2D eigenvalue weighted by atomic mass is 10.2. The number of hydrogen-bond acceptors (Lipinski definition) is 3. The molecule has 0 aliphatic carbocycles. The van der Waals surface area contributed by atoms with Gasteiger partial charge in [0.1, 0.15) is 12.4 Å². The van der Waals surface area contributed by atoms with Crippen molar-refractivity contribution in [2.75, 3.05) is 18.4 Å². The molecule has 0 bridgehead atoms. The van der Waals surface area contributed by atoms with Crippen LogP contribution in [0.4, 0.5) is 5.69 Å². The maximum Gasteiger partial charge on any atom is 0.221 e. The van der Waals surface area contributed by atoms with Gasteiger partial charge in [0.25, 0.3) is 0 Å². The molecule has 2 N–H and O–H groups in total. The summed E-state index contributed by atoms with van der Waals surface area (Å²) in [4.78, 5) is 11.6. The number of carbonyl (C=O) groups is 1. The Morgan fingerprint density at radius 1 is 1.04 bits per heavy atom. The standard InChI is InChI=1S/C20H26N2O2/c1-16(2)14-22-20(23)12-13-21-18-8-10-19(11-9-18)24-15-17-6-4-3-5-7-17/h3-11,16,21H,12-15H2,1-2H3,(H,22,23). The second-order valence-electron chi connectivity index (χ2n) is 6.17. The number of nitrogens with one attached hydrogen (secondary N) is 2. The molecule has 0 atom stereocenters. The highest BCUT2D eigenvalue weighted by molar-refractivity contribution is 5.76.